The molecular weight excluding hydrogens is 374 g/mol. The molecule has 2 aromatic rings. The Morgan fingerprint density at radius 1 is 1.04 bits per heavy atom. The molecule has 3 N–H and O–H groups in total. The van der Waals surface area contributed by atoms with Gasteiger partial charge in [0.25, 0.3) is 11.8 Å². The molecule has 0 aliphatic rings. The number of carbonyl (C=O) groups excluding carboxylic acids is 2. The van der Waals surface area contributed by atoms with Crippen LogP contribution in [0.1, 0.15) is 15.9 Å². The van der Waals surface area contributed by atoms with Gasteiger partial charge in [-0.15, -0.1) is 0 Å². The van der Waals surface area contributed by atoms with E-state index in [1.807, 2.05) is 37.2 Å². The van der Waals surface area contributed by atoms with Gasteiger partial charge in [-0.3, -0.25) is 25.8 Å². The smallest absolute Gasteiger partial charge is 0.280 e. The standard InChI is InChI=1S/C20H19N5O2S/c1-25(2)17-10-8-14(9-11-17)12-16(13-21)19(27)23-24-20(28)22-18(26)15-6-4-3-5-7-15/h3-12H,1-2H3,(H,23,27)(H2,22,24,26,28). The summed E-state index contributed by atoms with van der Waals surface area (Å²) in [5, 5.41) is 11.6. The normalized spacial score (nSPS) is 10.4. The van der Waals surface area contributed by atoms with Crippen molar-refractivity contribution in [2.45, 2.75) is 0 Å². The van der Waals surface area contributed by atoms with Crippen LogP contribution in [0.25, 0.3) is 6.08 Å². The number of nitrogens with one attached hydrogen (secondary N) is 3. The summed E-state index contributed by atoms with van der Waals surface area (Å²) in [6, 6.07) is 17.7. The molecule has 0 saturated carbocycles. The first-order valence-electron chi connectivity index (χ1n) is 8.26. The average Bonchev–Trinajstić information content (AvgIpc) is 2.71. The Morgan fingerprint density at radius 2 is 1.68 bits per heavy atom. The maximum absolute atomic E-state index is 12.2. The summed E-state index contributed by atoms with van der Waals surface area (Å²) in [5.41, 5.74) is 6.73. The lowest BCUT2D eigenvalue weighted by Crippen LogP contribution is -2.48. The molecular formula is C20H19N5O2S. The van der Waals surface area contributed by atoms with Crippen molar-refractivity contribution in [2.75, 3.05) is 19.0 Å². The van der Waals surface area contributed by atoms with Gasteiger partial charge in [-0.1, -0.05) is 30.3 Å². The Labute approximate surface area is 168 Å². The molecule has 8 heteroatoms. The molecule has 0 atom stereocenters. The van der Waals surface area contributed by atoms with Crippen LogP contribution in [0.4, 0.5) is 5.69 Å². The van der Waals surface area contributed by atoms with Gasteiger partial charge in [-0.2, -0.15) is 5.26 Å². The number of nitrogens with zero attached hydrogens (tertiary/aromatic N) is 2. The molecule has 7 nitrogen and oxygen atoms in total. The molecule has 0 unspecified atom stereocenters. The van der Waals surface area contributed by atoms with Crippen molar-refractivity contribution in [3.8, 4) is 6.07 Å². The number of hydrogen-bond acceptors (Lipinski definition) is 5. The summed E-state index contributed by atoms with van der Waals surface area (Å²) in [6.45, 7) is 0. The minimum Gasteiger partial charge on any atom is -0.378 e. The van der Waals surface area contributed by atoms with Gasteiger partial charge in [0.05, 0.1) is 0 Å². The molecule has 0 saturated heterocycles. The van der Waals surface area contributed by atoms with Crippen molar-refractivity contribution >= 4 is 40.9 Å². The zero-order valence-corrected chi connectivity index (χ0v) is 16.2. The van der Waals surface area contributed by atoms with Crippen LogP contribution in [-0.2, 0) is 4.79 Å². The van der Waals surface area contributed by atoms with E-state index in [1.54, 1.807) is 42.5 Å². The average molecular weight is 393 g/mol. The lowest BCUT2D eigenvalue weighted by atomic mass is 10.1. The quantitative estimate of drug-likeness (QED) is 0.318. The Balaban J connectivity index is 1.93. The van der Waals surface area contributed by atoms with Gasteiger partial charge in [0.15, 0.2) is 5.11 Å². The largest absolute Gasteiger partial charge is 0.378 e. The van der Waals surface area contributed by atoms with Crippen LogP contribution in [0, 0.1) is 11.3 Å². The first kappa shape index (κ1) is 20.6. The molecule has 0 heterocycles. The fourth-order valence-electron chi connectivity index (χ4n) is 2.16. The van der Waals surface area contributed by atoms with Gasteiger partial charge in [-0.25, -0.2) is 0 Å². The Morgan fingerprint density at radius 3 is 2.25 bits per heavy atom. The predicted molar refractivity (Wildman–Crippen MR) is 112 cm³/mol. The van der Waals surface area contributed by atoms with Crippen molar-refractivity contribution in [3.63, 3.8) is 0 Å². The van der Waals surface area contributed by atoms with Crippen molar-refractivity contribution in [3.05, 3.63) is 71.3 Å². The summed E-state index contributed by atoms with van der Waals surface area (Å²) in [5.74, 6) is -1.08. The second-order valence-electron chi connectivity index (χ2n) is 5.88. The molecule has 0 aromatic heterocycles. The zero-order chi connectivity index (χ0) is 20.5. The summed E-state index contributed by atoms with van der Waals surface area (Å²) in [4.78, 5) is 26.1. The molecule has 2 amide bonds. The molecule has 2 rings (SSSR count). The van der Waals surface area contributed by atoms with Crippen molar-refractivity contribution in [1.29, 1.82) is 5.26 Å². The highest BCUT2D eigenvalue weighted by Crippen LogP contribution is 2.14. The summed E-state index contributed by atoms with van der Waals surface area (Å²) >= 11 is 4.98. The van der Waals surface area contributed by atoms with E-state index in [-0.39, 0.29) is 10.7 Å². The lowest BCUT2D eigenvalue weighted by Gasteiger charge is -2.12. The summed E-state index contributed by atoms with van der Waals surface area (Å²) < 4.78 is 0. The van der Waals surface area contributed by atoms with Gasteiger partial charge in [0, 0.05) is 25.3 Å². The van der Waals surface area contributed by atoms with Crippen LogP contribution in [0.5, 0.6) is 0 Å². The highest BCUT2D eigenvalue weighted by Gasteiger charge is 2.11. The predicted octanol–water partition coefficient (Wildman–Crippen LogP) is 2.00. The zero-order valence-electron chi connectivity index (χ0n) is 15.4. The first-order valence-corrected chi connectivity index (χ1v) is 8.67. The number of carbonyl (C=O) groups is 2. The second-order valence-corrected chi connectivity index (χ2v) is 6.29. The Kier molecular flexibility index (Phi) is 7.25. The molecule has 0 aliphatic carbocycles. The third-order valence-corrected chi connectivity index (χ3v) is 3.84. The van der Waals surface area contributed by atoms with E-state index in [9.17, 15) is 14.9 Å². The van der Waals surface area contributed by atoms with Gasteiger partial charge in [0.2, 0.25) is 0 Å². The van der Waals surface area contributed by atoms with E-state index in [0.29, 0.717) is 11.1 Å². The van der Waals surface area contributed by atoms with Crippen LogP contribution in [0.3, 0.4) is 0 Å². The number of rotatable bonds is 4. The Hall–Kier alpha value is -3.70. The topological polar surface area (TPSA) is 97.3 Å². The fourth-order valence-corrected chi connectivity index (χ4v) is 2.30. The highest BCUT2D eigenvalue weighted by atomic mass is 32.1. The molecule has 0 fully saturated rings. The van der Waals surface area contributed by atoms with Crippen LogP contribution >= 0.6 is 12.2 Å². The maximum atomic E-state index is 12.2. The lowest BCUT2D eigenvalue weighted by molar-refractivity contribution is -0.117. The molecule has 28 heavy (non-hydrogen) atoms. The molecule has 0 radical (unpaired) electrons. The fraction of sp³-hybridized carbons (Fsp3) is 0.100. The number of thiocarbonyl (C=S) groups is 1. The number of nitriles is 1. The number of anilines is 1. The number of hydrogen-bond donors (Lipinski definition) is 3. The summed E-state index contributed by atoms with van der Waals surface area (Å²) in [6.07, 6.45) is 1.46. The third-order valence-electron chi connectivity index (χ3n) is 3.64. The molecule has 2 aromatic carbocycles. The van der Waals surface area contributed by atoms with Crippen LogP contribution in [-0.4, -0.2) is 31.0 Å². The number of hydrazine groups is 1. The summed E-state index contributed by atoms with van der Waals surface area (Å²) in [7, 11) is 3.84. The van der Waals surface area contributed by atoms with Gasteiger partial charge < -0.3 is 4.90 Å². The van der Waals surface area contributed by atoms with Gasteiger partial charge in [-0.05, 0) is 48.1 Å². The third kappa shape index (κ3) is 5.93. The highest BCUT2D eigenvalue weighted by molar-refractivity contribution is 7.80. The van der Waals surface area contributed by atoms with E-state index in [1.165, 1.54) is 6.08 Å². The minimum absolute atomic E-state index is 0.0881. The van der Waals surface area contributed by atoms with Crippen LogP contribution in [0.2, 0.25) is 0 Å². The number of benzene rings is 2. The van der Waals surface area contributed by atoms with E-state index >= 15 is 0 Å². The van der Waals surface area contributed by atoms with Crippen LogP contribution < -0.4 is 21.1 Å². The SMILES string of the molecule is CN(C)c1ccc(C=C(C#N)C(=O)NNC(=S)NC(=O)c2ccccc2)cc1. The van der Waals surface area contributed by atoms with Crippen molar-refractivity contribution < 1.29 is 9.59 Å². The first-order chi connectivity index (χ1) is 13.4. The van der Waals surface area contributed by atoms with E-state index < -0.39 is 11.8 Å². The Bertz CT molecular complexity index is 931. The molecule has 0 spiro atoms. The van der Waals surface area contributed by atoms with E-state index in [2.05, 4.69) is 16.2 Å². The van der Waals surface area contributed by atoms with E-state index in [0.717, 1.165) is 5.69 Å². The molecule has 0 aliphatic heterocycles. The number of amides is 2. The van der Waals surface area contributed by atoms with Crippen molar-refractivity contribution in [2.24, 2.45) is 0 Å². The minimum atomic E-state index is -0.671. The maximum Gasteiger partial charge on any atom is 0.280 e. The molecule has 0 bridgehead atoms. The van der Waals surface area contributed by atoms with Crippen LogP contribution in [0.15, 0.2) is 60.2 Å². The van der Waals surface area contributed by atoms with Crippen molar-refractivity contribution in [1.82, 2.24) is 16.2 Å². The van der Waals surface area contributed by atoms with Gasteiger partial charge in [0.1, 0.15) is 11.6 Å². The monoisotopic (exact) mass is 393 g/mol. The van der Waals surface area contributed by atoms with E-state index in [4.69, 9.17) is 12.2 Å². The molecule has 142 valence electrons. The van der Waals surface area contributed by atoms with Gasteiger partial charge >= 0.3 is 0 Å². The second kappa shape index (κ2) is 9.85.